The van der Waals surface area contributed by atoms with Crippen LogP contribution in [0.3, 0.4) is 0 Å². The third kappa shape index (κ3) is 4.73. The molecule has 2 unspecified atom stereocenters. The molecule has 124 valence electrons. The molecule has 0 fully saturated rings. The van der Waals surface area contributed by atoms with E-state index in [0.29, 0.717) is 5.69 Å². The van der Waals surface area contributed by atoms with Gasteiger partial charge in [-0.1, -0.05) is 31.5 Å². The summed E-state index contributed by atoms with van der Waals surface area (Å²) in [7, 11) is -3.56. The van der Waals surface area contributed by atoms with Crippen LogP contribution in [0.4, 0.5) is 5.69 Å². The number of amides is 1. The first-order chi connectivity index (χ1) is 10.0. The predicted molar refractivity (Wildman–Crippen MR) is 90.4 cm³/mol. The van der Waals surface area contributed by atoms with Crippen molar-refractivity contribution in [3.63, 3.8) is 0 Å². The maximum Gasteiger partial charge on any atom is 0.243 e. The number of nitrogens with zero attached hydrogens (tertiary/aromatic N) is 1. The van der Waals surface area contributed by atoms with Gasteiger partial charge in [-0.25, -0.2) is 8.42 Å². The molecule has 1 rings (SSSR count). The van der Waals surface area contributed by atoms with Gasteiger partial charge < -0.3 is 5.32 Å². The van der Waals surface area contributed by atoms with E-state index >= 15 is 0 Å². The van der Waals surface area contributed by atoms with Crippen LogP contribution in [-0.4, -0.2) is 32.7 Å². The van der Waals surface area contributed by atoms with Crippen molar-refractivity contribution in [3.8, 4) is 0 Å². The molecule has 0 saturated heterocycles. The second-order valence-electron chi connectivity index (χ2n) is 6.11. The average Bonchev–Trinajstić information content (AvgIpc) is 2.39. The summed E-state index contributed by atoms with van der Waals surface area (Å²) in [4.78, 5) is 12.4. The van der Waals surface area contributed by atoms with Crippen LogP contribution in [0.25, 0.3) is 0 Å². The number of carbonyl (C=O) groups is 1. The summed E-state index contributed by atoms with van der Waals surface area (Å²) in [6, 6.07) is 6.26. The Hall–Kier alpha value is -1.56. The zero-order valence-electron chi connectivity index (χ0n) is 14.1. The minimum Gasteiger partial charge on any atom is -0.352 e. The summed E-state index contributed by atoms with van der Waals surface area (Å²) < 4.78 is 25.4. The maximum absolute atomic E-state index is 12.4. The molecule has 0 aliphatic rings. The van der Waals surface area contributed by atoms with Crippen LogP contribution in [-0.2, 0) is 14.8 Å². The van der Waals surface area contributed by atoms with Gasteiger partial charge in [0.25, 0.3) is 0 Å². The first kappa shape index (κ1) is 18.5. The number of nitrogens with one attached hydrogen (secondary N) is 1. The largest absolute Gasteiger partial charge is 0.352 e. The number of anilines is 1. The van der Waals surface area contributed by atoms with Crippen molar-refractivity contribution < 1.29 is 13.2 Å². The predicted octanol–water partition coefficient (Wildman–Crippen LogP) is 2.31. The van der Waals surface area contributed by atoms with Crippen molar-refractivity contribution in [1.29, 1.82) is 0 Å². The monoisotopic (exact) mass is 326 g/mol. The quantitative estimate of drug-likeness (QED) is 0.872. The van der Waals surface area contributed by atoms with Gasteiger partial charge >= 0.3 is 0 Å². The summed E-state index contributed by atoms with van der Waals surface area (Å²) in [5.41, 5.74) is 1.52. The van der Waals surface area contributed by atoms with E-state index in [2.05, 4.69) is 5.32 Å². The standard InChI is InChI=1S/C16H26N2O3S/c1-11(2)13(4)17-16(19)14(5)18(22(6,20)21)15-9-7-12(3)8-10-15/h7-11,13-14H,1-6H3,(H,17,19). The Morgan fingerprint density at radius 1 is 1.09 bits per heavy atom. The van der Waals surface area contributed by atoms with Gasteiger partial charge in [0.15, 0.2) is 0 Å². The van der Waals surface area contributed by atoms with Crippen molar-refractivity contribution in [2.24, 2.45) is 5.92 Å². The summed E-state index contributed by atoms with van der Waals surface area (Å²) in [5, 5.41) is 2.87. The molecule has 0 spiro atoms. The number of rotatable bonds is 6. The highest BCUT2D eigenvalue weighted by Gasteiger charge is 2.29. The lowest BCUT2D eigenvalue weighted by Crippen LogP contribution is -2.50. The van der Waals surface area contributed by atoms with E-state index in [9.17, 15) is 13.2 Å². The van der Waals surface area contributed by atoms with Gasteiger partial charge in [0, 0.05) is 6.04 Å². The SMILES string of the molecule is Cc1ccc(N(C(C)C(=O)NC(C)C(C)C)S(C)(=O)=O)cc1. The van der Waals surface area contributed by atoms with Gasteiger partial charge in [0.1, 0.15) is 6.04 Å². The Labute approximate surface area is 133 Å². The Bertz CT molecular complexity index is 609. The van der Waals surface area contributed by atoms with Crippen LogP contribution in [0.15, 0.2) is 24.3 Å². The molecule has 5 nitrogen and oxygen atoms in total. The zero-order valence-corrected chi connectivity index (χ0v) is 14.9. The van der Waals surface area contributed by atoms with E-state index in [1.165, 1.54) is 0 Å². The van der Waals surface area contributed by atoms with Crippen LogP contribution in [0.2, 0.25) is 0 Å². The Morgan fingerprint density at radius 3 is 2.00 bits per heavy atom. The lowest BCUT2D eigenvalue weighted by atomic mass is 10.1. The van der Waals surface area contributed by atoms with Gasteiger partial charge in [-0.3, -0.25) is 9.10 Å². The molecular formula is C16H26N2O3S. The molecular weight excluding hydrogens is 300 g/mol. The van der Waals surface area contributed by atoms with Crippen LogP contribution < -0.4 is 9.62 Å². The van der Waals surface area contributed by atoms with Gasteiger partial charge in [0.05, 0.1) is 11.9 Å². The van der Waals surface area contributed by atoms with Crippen molar-refractivity contribution in [3.05, 3.63) is 29.8 Å². The van der Waals surface area contributed by atoms with Crippen molar-refractivity contribution >= 4 is 21.6 Å². The lowest BCUT2D eigenvalue weighted by molar-refractivity contribution is -0.122. The van der Waals surface area contributed by atoms with Crippen molar-refractivity contribution in [1.82, 2.24) is 5.32 Å². The molecule has 1 aromatic carbocycles. The van der Waals surface area contributed by atoms with Crippen molar-refractivity contribution in [2.75, 3.05) is 10.6 Å². The van der Waals surface area contributed by atoms with Crippen LogP contribution in [0, 0.1) is 12.8 Å². The fourth-order valence-corrected chi connectivity index (χ4v) is 3.19. The van der Waals surface area contributed by atoms with Gasteiger partial charge in [-0.15, -0.1) is 0 Å². The first-order valence-electron chi connectivity index (χ1n) is 7.40. The first-order valence-corrected chi connectivity index (χ1v) is 9.25. The zero-order chi connectivity index (χ0) is 17.1. The van der Waals surface area contributed by atoms with Gasteiger partial charge in [-0.2, -0.15) is 0 Å². The third-order valence-electron chi connectivity index (χ3n) is 3.75. The number of sulfonamides is 1. The third-order valence-corrected chi connectivity index (χ3v) is 4.99. The molecule has 0 aromatic heterocycles. The smallest absolute Gasteiger partial charge is 0.243 e. The van der Waals surface area contributed by atoms with E-state index in [4.69, 9.17) is 0 Å². The summed E-state index contributed by atoms with van der Waals surface area (Å²) in [6.45, 7) is 9.44. The Morgan fingerprint density at radius 2 is 1.59 bits per heavy atom. The maximum atomic E-state index is 12.4. The van der Waals surface area contributed by atoms with E-state index in [0.717, 1.165) is 16.1 Å². The van der Waals surface area contributed by atoms with E-state index < -0.39 is 16.1 Å². The highest BCUT2D eigenvalue weighted by molar-refractivity contribution is 7.92. The average molecular weight is 326 g/mol. The minimum absolute atomic E-state index is 0.0191. The van der Waals surface area contributed by atoms with Crippen LogP contribution >= 0.6 is 0 Å². The summed E-state index contributed by atoms with van der Waals surface area (Å²) >= 11 is 0. The Balaban J connectivity index is 3.08. The molecule has 0 radical (unpaired) electrons. The highest BCUT2D eigenvalue weighted by Crippen LogP contribution is 2.21. The molecule has 1 amide bonds. The summed E-state index contributed by atoms with van der Waals surface area (Å²) in [5.74, 6) is -0.0191. The number of benzene rings is 1. The molecule has 0 aliphatic carbocycles. The number of hydrogen-bond donors (Lipinski definition) is 1. The van der Waals surface area contributed by atoms with E-state index in [1.54, 1.807) is 19.1 Å². The second-order valence-corrected chi connectivity index (χ2v) is 7.97. The topological polar surface area (TPSA) is 66.5 Å². The highest BCUT2D eigenvalue weighted by atomic mass is 32.2. The lowest BCUT2D eigenvalue weighted by Gasteiger charge is -2.30. The fourth-order valence-electron chi connectivity index (χ4n) is 2.01. The molecule has 2 atom stereocenters. The number of carbonyl (C=O) groups excluding carboxylic acids is 1. The molecule has 22 heavy (non-hydrogen) atoms. The van der Waals surface area contributed by atoms with Crippen LogP contribution in [0.1, 0.15) is 33.3 Å². The molecule has 0 aliphatic heterocycles. The summed E-state index contributed by atoms with van der Waals surface area (Å²) in [6.07, 6.45) is 1.11. The molecule has 1 N–H and O–H groups in total. The molecule has 0 bridgehead atoms. The van der Waals surface area contributed by atoms with E-state index in [1.807, 2.05) is 39.8 Å². The van der Waals surface area contributed by atoms with Gasteiger partial charge in [0.2, 0.25) is 15.9 Å². The minimum atomic E-state index is -3.56. The second kappa shape index (κ2) is 7.13. The molecule has 1 aromatic rings. The normalized spacial score (nSPS) is 14.5. The van der Waals surface area contributed by atoms with Crippen molar-refractivity contribution in [2.45, 2.75) is 46.7 Å². The number of aryl methyl sites for hydroxylation is 1. The number of hydrogen-bond acceptors (Lipinski definition) is 3. The van der Waals surface area contributed by atoms with Gasteiger partial charge in [-0.05, 0) is 38.8 Å². The van der Waals surface area contributed by atoms with Crippen LogP contribution in [0.5, 0.6) is 0 Å². The molecule has 0 heterocycles. The molecule has 0 saturated carbocycles. The van der Waals surface area contributed by atoms with E-state index in [-0.39, 0.29) is 17.9 Å². The molecule has 6 heteroatoms. The Kier molecular flexibility index (Phi) is 6.00. The fraction of sp³-hybridized carbons (Fsp3) is 0.562.